The van der Waals surface area contributed by atoms with Crippen LogP contribution in [0.2, 0.25) is 0 Å². The van der Waals surface area contributed by atoms with Crippen LogP contribution in [0.3, 0.4) is 0 Å². The van der Waals surface area contributed by atoms with Crippen molar-refractivity contribution in [1.29, 1.82) is 5.41 Å². The van der Waals surface area contributed by atoms with Gasteiger partial charge in [-0.25, -0.2) is 0 Å². The minimum absolute atomic E-state index is 0.121. The van der Waals surface area contributed by atoms with Gasteiger partial charge in [0.25, 0.3) is 5.91 Å². The van der Waals surface area contributed by atoms with E-state index in [9.17, 15) is 4.79 Å². The zero-order chi connectivity index (χ0) is 15.9. The fourth-order valence-corrected chi connectivity index (χ4v) is 4.34. The first-order valence-corrected chi connectivity index (χ1v) is 8.60. The molecule has 4 heterocycles. The van der Waals surface area contributed by atoms with Gasteiger partial charge in [-0.2, -0.15) is 0 Å². The van der Waals surface area contributed by atoms with Crippen LogP contribution in [-0.4, -0.2) is 61.2 Å². The molecule has 0 saturated carbocycles. The molecule has 1 aromatic rings. The molecule has 1 aromatic carbocycles. The Morgan fingerprint density at radius 2 is 1.91 bits per heavy atom. The molecule has 4 aliphatic heterocycles. The van der Waals surface area contributed by atoms with Gasteiger partial charge in [0.2, 0.25) is 0 Å². The molecule has 122 valence electrons. The summed E-state index contributed by atoms with van der Waals surface area (Å²) in [5.41, 5.74) is 2.66. The molecule has 4 aliphatic rings. The maximum atomic E-state index is 13.0. The number of carbonyl (C=O) groups excluding carboxylic acids is 1. The van der Waals surface area contributed by atoms with Crippen molar-refractivity contribution in [3.8, 4) is 0 Å². The van der Waals surface area contributed by atoms with Crippen LogP contribution in [0.25, 0.3) is 0 Å². The van der Waals surface area contributed by atoms with Crippen LogP contribution in [0, 0.1) is 10.8 Å². The maximum Gasteiger partial charge on any atom is 0.256 e. The van der Waals surface area contributed by atoms with Gasteiger partial charge in [0.05, 0.1) is 11.3 Å². The molecule has 0 aromatic heterocycles. The predicted octanol–water partition coefficient (Wildman–Crippen LogP) is 2.04. The Morgan fingerprint density at radius 3 is 2.61 bits per heavy atom. The molecule has 5 heteroatoms. The monoisotopic (exact) mass is 312 g/mol. The number of amides is 1. The normalized spacial score (nSPS) is 29.7. The van der Waals surface area contributed by atoms with E-state index in [2.05, 4.69) is 10.2 Å². The average Bonchev–Trinajstić information content (AvgIpc) is 2.76. The van der Waals surface area contributed by atoms with E-state index in [1.165, 1.54) is 45.1 Å². The Morgan fingerprint density at radius 1 is 1.17 bits per heavy atom. The van der Waals surface area contributed by atoms with Crippen LogP contribution in [0.1, 0.15) is 35.2 Å². The van der Waals surface area contributed by atoms with Crippen LogP contribution in [-0.2, 0) is 0 Å². The van der Waals surface area contributed by atoms with Gasteiger partial charge in [0.15, 0.2) is 0 Å². The fraction of sp³-hybridized carbons (Fsp3) is 0.556. The number of hydrogen-bond acceptors (Lipinski definition) is 4. The van der Waals surface area contributed by atoms with E-state index in [0.717, 1.165) is 30.9 Å². The summed E-state index contributed by atoms with van der Waals surface area (Å²) >= 11 is 0. The summed E-state index contributed by atoms with van der Waals surface area (Å²) in [5, 5.41) is 10.9. The van der Waals surface area contributed by atoms with E-state index in [1.54, 1.807) is 0 Å². The number of nitrogens with one attached hydrogen (secondary N) is 2. The second-order valence-corrected chi connectivity index (χ2v) is 7.16. The molecule has 5 rings (SSSR count). The van der Waals surface area contributed by atoms with Crippen molar-refractivity contribution in [2.24, 2.45) is 5.41 Å². The zero-order valence-electron chi connectivity index (χ0n) is 13.5. The predicted molar refractivity (Wildman–Crippen MR) is 91.4 cm³/mol. The highest BCUT2D eigenvalue weighted by Crippen LogP contribution is 2.41. The third kappa shape index (κ3) is 2.53. The van der Waals surface area contributed by atoms with Crippen LogP contribution in [0.15, 0.2) is 18.2 Å². The van der Waals surface area contributed by atoms with Gasteiger partial charge in [0, 0.05) is 31.4 Å². The first kappa shape index (κ1) is 14.7. The van der Waals surface area contributed by atoms with E-state index < -0.39 is 0 Å². The first-order valence-electron chi connectivity index (χ1n) is 8.60. The third-order valence-electron chi connectivity index (χ3n) is 5.85. The van der Waals surface area contributed by atoms with Gasteiger partial charge in [-0.3, -0.25) is 4.79 Å². The molecule has 0 radical (unpaired) electrons. The summed E-state index contributed by atoms with van der Waals surface area (Å²) in [6, 6.07) is 5.65. The van der Waals surface area contributed by atoms with E-state index in [1.807, 2.05) is 23.1 Å². The highest BCUT2D eigenvalue weighted by molar-refractivity contribution is 6.04. The Bertz CT molecular complexity index is 620. The first-order chi connectivity index (χ1) is 11.2. The number of rotatable bonds is 3. The molecule has 3 fully saturated rings. The van der Waals surface area contributed by atoms with Crippen molar-refractivity contribution < 1.29 is 4.79 Å². The van der Waals surface area contributed by atoms with E-state index in [4.69, 9.17) is 5.41 Å². The molecule has 0 atom stereocenters. The topological polar surface area (TPSA) is 59.4 Å². The molecule has 5 nitrogen and oxygen atoms in total. The lowest BCUT2D eigenvalue weighted by Gasteiger charge is -2.50. The van der Waals surface area contributed by atoms with Gasteiger partial charge < -0.3 is 20.5 Å². The molecule has 2 bridgehead atoms. The fourth-order valence-electron chi connectivity index (χ4n) is 4.34. The lowest BCUT2D eigenvalue weighted by molar-refractivity contribution is 0.00154. The second kappa shape index (κ2) is 5.64. The van der Waals surface area contributed by atoms with Gasteiger partial charge >= 0.3 is 0 Å². The standard InChI is InChI=1S/C18H24N4O/c19-12-14-2-1-3-15-16(14)20-7-11-22(17(15)23)13-18-4-8-21(9-5-18)10-6-18/h1-3,12,19-20H,4-11,13H2. The van der Waals surface area contributed by atoms with E-state index >= 15 is 0 Å². The number of hydrogen-bond donors (Lipinski definition) is 2. The van der Waals surface area contributed by atoms with Crippen LogP contribution >= 0.6 is 0 Å². The van der Waals surface area contributed by atoms with Crippen molar-refractivity contribution in [3.63, 3.8) is 0 Å². The quantitative estimate of drug-likeness (QED) is 0.840. The average molecular weight is 312 g/mol. The summed E-state index contributed by atoms with van der Waals surface area (Å²) in [4.78, 5) is 17.6. The Balaban J connectivity index is 1.60. The third-order valence-corrected chi connectivity index (χ3v) is 5.85. The Hall–Kier alpha value is -1.88. The van der Waals surface area contributed by atoms with Gasteiger partial charge in [-0.15, -0.1) is 0 Å². The summed E-state index contributed by atoms with van der Waals surface area (Å²) in [6.07, 6.45) is 4.98. The lowest BCUT2D eigenvalue weighted by atomic mass is 9.71. The number of nitrogens with zero attached hydrogens (tertiary/aromatic N) is 2. The smallest absolute Gasteiger partial charge is 0.256 e. The zero-order valence-corrected chi connectivity index (χ0v) is 13.5. The molecular formula is C18H24N4O. The number of fused-ring (bicyclic) bond motifs is 4. The van der Waals surface area contributed by atoms with E-state index in [0.29, 0.717) is 11.0 Å². The van der Waals surface area contributed by atoms with Crippen molar-refractivity contribution in [2.45, 2.75) is 19.3 Å². The summed E-state index contributed by atoms with van der Waals surface area (Å²) in [7, 11) is 0. The second-order valence-electron chi connectivity index (χ2n) is 7.16. The molecule has 1 amide bonds. The Kier molecular flexibility index (Phi) is 3.60. The minimum Gasteiger partial charge on any atom is -0.382 e. The number of benzene rings is 1. The highest BCUT2D eigenvalue weighted by atomic mass is 16.2. The van der Waals surface area contributed by atoms with Crippen molar-refractivity contribution >= 4 is 17.8 Å². The molecule has 23 heavy (non-hydrogen) atoms. The molecular weight excluding hydrogens is 288 g/mol. The van der Waals surface area contributed by atoms with E-state index in [-0.39, 0.29) is 5.91 Å². The van der Waals surface area contributed by atoms with Gasteiger partial charge in [-0.1, -0.05) is 12.1 Å². The number of carbonyl (C=O) groups is 1. The lowest BCUT2D eigenvalue weighted by Crippen LogP contribution is -2.53. The molecule has 0 aliphatic carbocycles. The number of anilines is 1. The molecule has 2 N–H and O–H groups in total. The molecule has 0 spiro atoms. The van der Waals surface area contributed by atoms with Gasteiger partial charge in [-0.05, 0) is 50.4 Å². The van der Waals surface area contributed by atoms with Gasteiger partial charge in [0.1, 0.15) is 0 Å². The summed E-state index contributed by atoms with van der Waals surface area (Å²) in [5.74, 6) is 0.121. The Labute approximate surface area is 137 Å². The minimum atomic E-state index is 0.121. The summed E-state index contributed by atoms with van der Waals surface area (Å²) < 4.78 is 0. The SMILES string of the molecule is N=Cc1cccc2c1NCCN(CC13CCN(CC1)CC3)C2=O. The van der Waals surface area contributed by atoms with Crippen molar-refractivity contribution in [3.05, 3.63) is 29.3 Å². The van der Waals surface area contributed by atoms with Crippen molar-refractivity contribution in [2.75, 3.05) is 44.6 Å². The highest BCUT2D eigenvalue weighted by Gasteiger charge is 2.41. The molecule has 0 unspecified atom stereocenters. The summed E-state index contributed by atoms with van der Waals surface area (Å²) in [6.45, 7) is 5.95. The van der Waals surface area contributed by atoms with Crippen LogP contribution in [0.4, 0.5) is 5.69 Å². The van der Waals surface area contributed by atoms with Crippen LogP contribution in [0.5, 0.6) is 0 Å². The maximum absolute atomic E-state index is 13.0. The number of para-hydroxylation sites is 1. The largest absolute Gasteiger partial charge is 0.382 e. The number of piperidine rings is 3. The van der Waals surface area contributed by atoms with Crippen LogP contribution < -0.4 is 5.32 Å². The molecule has 3 saturated heterocycles. The van der Waals surface area contributed by atoms with Crippen molar-refractivity contribution in [1.82, 2.24) is 9.80 Å².